The summed E-state index contributed by atoms with van der Waals surface area (Å²) >= 11 is 4.44. The van der Waals surface area contributed by atoms with E-state index < -0.39 is 16.1 Å². The summed E-state index contributed by atoms with van der Waals surface area (Å²) in [5.41, 5.74) is 0. The standard InChI is InChI=1S/C14H24BrNO3S2/c1-3-5-6-7-11(4-2)12(10-17)16-21(18,19)14-9-8-13(15)20-14/h8-9,11-12,16-17H,3-7,10H2,1-2H3. The van der Waals surface area contributed by atoms with Gasteiger partial charge in [0.25, 0.3) is 0 Å². The quantitative estimate of drug-likeness (QED) is 0.590. The van der Waals surface area contributed by atoms with Gasteiger partial charge in [-0.3, -0.25) is 0 Å². The number of aliphatic hydroxyl groups is 1. The maximum absolute atomic E-state index is 12.3. The Bertz CT molecular complexity index is 516. The molecule has 1 rings (SSSR count). The molecule has 4 nitrogen and oxygen atoms in total. The van der Waals surface area contributed by atoms with Gasteiger partial charge in [0.2, 0.25) is 10.0 Å². The Hall–Kier alpha value is 0.0500. The summed E-state index contributed by atoms with van der Waals surface area (Å²) in [6.07, 6.45) is 5.13. The van der Waals surface area contributed by atoms with E-state index in [-0.39, 0.29) is 16.7 Å². The fourth-order valence-electron chi connectivity index (χ4n) is 2.33. The first-order chi connectivity index (χ1) is 9.94. The van der Waals surface area contributed by atoms with Gasteiger partial charge in [-0.2, -0.15) is 0 Å². The van der Waals surface area contributed by atoms with Gasteiger partial charge in [0.15, 0.2) is 0 Å². The van der Waals surface area contributed by atoms with Crippen LogP contribution in [0.1, 0.15) is 46.0 Å². The molecule has 0 fully saturated rings. The molecule has 0 radical (unpaired) electrons. The van der Waals surface area contributed by atoms with Crippen LogP contribution in [0, 0.1) is 5.92 Å². The van der Waals surface area contributed by atoms with Gasteiger partial charge in [-0.05, 0) is 40.4 Å². The smallest absolute Gasteiger partial charge is 0.250 e. The zero-order valence-corrected chi connectivity index (χ0v) is 15.7. The van der Waals surface area contributed by atoms with E-state index in [4.69, 9.17) is 0 Å². The van der Waals surface area contributed by atoms with E-state index in [1.807, 2.05) is 6.92 Å². The lowest BCUT2D eigenvalue weighted by Gasteiger charge is -2.25. The second-order valence-electron chi connectivity index (χ2n) is 5.13. The number of unbranched alkanes of at least 4 members (excludes halogenated alkanes) is 2. The lowest BCUT2D eigenvalue weighted by Crippen LogP contribution is -2.42. The maximum atomic E-state index is 12.3. The van der Waals surface area contributed by atoms with Crippen LogP contribution in [0.15, 0.2) is 20.1 Å². The van der Waals surface area contributed by atoms with E-state index in [2.05, 4.69) is 27.6 Å². The molecule has 0 bridgehead atoms. The van der Waals surface area contributed by atoms with E-state index >= 15 is 0 Å². The van der Waals surface area contributed by atoms with Gasteiger partial charge < -0.3 is 5.11 Å². The number of rotatable bonds is 10. The van der Waals surface area contributed by atoms with Crippen molar-refractivity contribution in [2.75, 3.05) is 6.61 Å². The highest BCUT2D eigenvalue weighted by molar-refractivity contribution is 9.11. The third-order valence-corrected chi connectivity index (χ3v) is 7.19. The van der Waals surface area contributed by atoms with Crippen LogP contribution in [-0.2, 0) is 10.0 Å². The Morgan fingerprint density at radius 3 is 2.52 bits per heavy atom. The van der Waals surface area contributed by atoms with Crippen molar-refractivity contribution in [2.45, 2.75) is 56.2 Å². The molecule has 2 atom stereocenters. The van der Waals surface area contributed by atoms with Crippen molar-refractivity contribution in [3.05, 3.63) is 15.9 Å². The minimum atomic E-state index is -3.56. The first-order valence-electron chi connectivity index (χ1n) is 7.33. The number of halogens is 1. The monoisotopic (exact) mass is 397 g/mol. The van der Waals surface area contributed by atoms with Crippen LogP contribution in [0.2, 0.25) is 0 Å². The zero-order chi connectivity index (χ0) is 15.9. The maximum Gasteiger partial charge on any atom is 0.250 e. The van der Waals surface area contributed by atoms with Crippen LogP contribution in [0.4, 0.5) is 0 Å². The molecule has 7 heteroatoms. The molecule has 2 N–H and O–H groups in total. The normalized spacial score (nSPS) is 15.0. The predicted molar refractivity (Wildman–Crippen MR) is 91.1 cm³/mol. The van der Waals surface area contributed by atoms with Gasteiger partial charge in [0.1, 0.15) is 4.21 Å². The molecule has 0 saturated heterocycles. The summed E-state index contributed by atoms with van der Waals surface area (Å²) < 4.78 is 28.4. The number of hydrogen-bond donors (Lipinski definition) is 2. The topological polar surface area (TPSA) is 66.4 Å². The fraction of sp³-hybridized carbons (Fsp3) is 0.714. The fourth-order valence-corrected chi connectivity index (χ4v) is 5.65. The van der Waals surface area contributed by atoms with Crippen LogP contribution < -0.4 is 4.72 Å². The van der Waals surface area contributed by atoms with Crippen LogP contribution >= 0.6 is 27.3 Å². The Morgan fingerprint density at radius 2 is 2.05 bits per heavy atom. The van der Waals surface area contributed by atoms with Crippen LogP contribution in [0.5, 0.6) is 0 Å². The van der Waals surface area contributed by atoms with Gasteiger partial charge >= 0.3 is 0 Å². The molecule has 1 aromatic rings. The molecular weight excluding hydrogens is 374 g/mol. The van der Waals surface area contributed by atoms with Gasteiger partial charge in [-0.15, -0.1) is 11.3 Å². The van der Waals surface area contributed by atoms with Crippen molar-refractivity contribution in [1.82, 2.24) is 4.72 Å². The van der Waals surface area contributed by atoms with Crippen molar-refractivity contribution in [1.29, 1.82) is 0 Å². The van der Waals surface area contributed by atoms with Gasteiger partial charge in [0.05, 0.1) is 10.4 Å². The van der Waals surface area contributed by atoms with Crippen LogP contribution in [0.3, 0.4) is 0 Å². The first kappa shape index (κ1) is 19.1. The Morgan fingerprint density at radius 1 is 1.33 bits per heavy atom. The molecule has 2 unspecified atom stereocenters. The number of thiophene rings is 1. The van der Waals surface area contributed by atoms with E-state index in [1.165, 1.54) is 11.3 Å². The molecule has 21 heavy (non-hydrogen) atoms. The lowest BCUT2D eigenvalue weighted by molar-refractivity contribution is 0.204. The largest absolute Gasteiger partial charge is 0.395 e. The average Bonchev–Trinajstić information content (AvgIpc) is 2.89. The molecule has 0 spiro atoms. The molecule has 1 heterocycles. The number of aliphatic hydroxyl groups excluding tert-OH is 1. The molecule has 1 aromatic heterocycles. The van der Waals surface area contributed by atoms with Crippen molar-refractivity contribution >= 4 is 37.3 Å². The second kappa shape index (κ2) is 9.25. The summed E-state index contributed by atoms with van der Waals surface area (Å²) in [6.45, 7) is 4.01. The molecule has 0 aliphatic rings. The SMILES string of the molecule is CCCCCC(CC)C(CO)NS(=O)(=O)c1ccc(Br)s1. The summed E-state index contributed by atoms with van der Waals surface area (Å²) in [6, 6.07) is 2.87. The number of sulfonamides is 1. The molecule has 0 amide bonds. The molecular formula is C14H24BrNO3S2. The molecule has 122 valence electrons. The van der Waals surface area contributed by atoms with Crippen molar-refractivity contribution in [3.63, 3.8) is 0 Å². The number of hydrogen-bond acceptors (Lipinski definition) is 4. The van der Waals surface area contributed by atoms with Crippen LogP contribution in [0.25, 0.3) is 0 Å². The third kappa shape index (κ3) is 5.98. The summed E-state index contributed by atoms with van der Waals surface area (Å²) in [5.74, 6) is 0.166. The Kier molecular flexibility index (Phi) is 8.41. The highest BCUT2D eigenvalue weighted by Gasteiger charge is 2.26. The molecule has 0 saturated carbocycles. The highest BCUT2D eigenvalue weighted by Crippen LogP contribution is 2.27. The van der Waals surface area contributed by atoms with E-state index in [1.54, 1.807) is 12.1 Å². The summed E-state index contributed by atoms with van der Waals surface area (Å²) in [4.78, 5) is 0. The third-order valence-electron chi connectivity index (χ3n) is 3.59. The average molecular weight is 398 g/mol. The minimum absolute atomic E-state index is 0.166. The van der Waals surface area contributed by atoms with E-state index in [9.17, 15) is 13.5 Å². The van der Waals surface area contributed by atoms with Crippen molar-refractivity contribution in [3.8, 4) is 0 Å². The van der Waals surface area contributed by atoms with E-state index in [0.717, 1.165) is 35.9 Å². The van der Waals surface area contributed by atoms with E-state index in [0.29, 0.717) is 0 Å². The molecule has 0 aromatic carbocycles. The van der Waals surface area contributed by atoms with Gasteiger partial charge in [-0.1, -0.05) is 39.5 Å². The van der Waals surface area contributed by atoms with Crippen LogP contribution in [-0.4, -0.2) is 26.2 Å². The number of nitrogens with one attached hydrogen (secondary N) is 1. The lowest BCUT2D eigenvalue weighted by atomic mass is 9.92. The summed E-state index contributed by atoms with van der Waals surface area (Å²) in [5, 5.41) is 9.57. The van der Waals surface area contributed by atoms with Crippen molar-refractivity contribution in [2.24, 2.45) is 5.92 Å². The van der Waals surface area contributed by atoms with Crippen molar-refractivity contribution < 1.29 is 13.5 Å². The predicted octanol–water partition coefficient (Wildman–Crippen LogP) is 3.76. The minimum Gasteiger partial charge on any atom is -0.395 e. The Balaban J connectivity index is 2.75. The molecule has 0 aliphatic heterocycles. The second-order valence-corrected chi connectivity index (χ2v) is 9.54. The Labute approximate surface area is 140 Å². The van der Waals surface area contributed by atoms with Gasteiger partial charge in [0, 0.05) is 6.04 Å². The van der Waals surface area contributed by atoms with Gasteiger partial charge in [-0.25, -0.2) is 13.1 Å². The molecule has 0 aliphatic carbocycles. The first-order valence-corrected chi connectivity index (χ1v) is 10.4. The zero-order valence-electron chi connectivity index (χ0n) is 12.5. The summed E-state index contributed by atoms with van der Waals surface area (Å²) in [7, 11) is -3.56. The highest BCUT2D eigenvalue weighted by atomic mass is 79.9.